The summed E-state index contributed by atoms with van der Waals surface area (Å²) in [5.41, 5.74) is 1.58. The van der Waals surface area contributed by atoms with E-state index >= 15 is 0 Å². The van der Waals surface area contributed by atoms with E-state index in [1.54, 1.807) is 13.8 Å². The maximum absolute atomic E-state index is 11.8. The van der Waals surface area contributed by atoms with Crippen molar-refractivity contribution >= 4 is 33.6 Å². The molecule has 0 aliphatic heterocycles. The Morgan fingerprint density at radius 3 is 2.24 bits per heavy atom. The molecule has 0 radical (unpaired) electrons. The fourth-order valence-corrected chi connectivity index (χ4v) is 2.03. The molecular weight excluding hydrogens is 338 g/mol. The van der Waals surface area contributed by atoms with Gasteiger partial charge in [0.05, 0.1) is 13.2 Å². The SMILES string of the molecule is CCOC(=O)C(=CNc1ccc(Br)cc1C)C(=O)OCC. The number of anilines is 1. The van der Waals surface area contributed by atoms with Crippen LogP contribution in [0.25, 0.3) is 0 Å². The van der Waals surface area contributed by atoms with Gasteiger partial charge in [-0.05, 0) is 44.5 Å². The molecule has 0 heterocycles. The molecule has 21 heavy (non-hydrogen) atoms. The minimum atomic E-state index is -0.710. The van der Waals surface area contributed by atoms with Gasteiger partial charge in [0.25, 0.3) is 0 Å². The van der Waals surface area contributed by atoms with Crippen LogP contribution >= 0.6 is 15.9 Å². The molecule has 1 aromatic carbocycles. The van der Waals surface area contributed by atoms with E-state index in [4.69, 9.17) is 9.47 Å². The fraction of sp³-hybridized carbons (Fsp3) is 0.333. The number of esters is 2. The summed E-state index contributed by atoms with van der Waals surface area (Å²) in [7, 11) is 0. The zero-order valence-corrected chi connectivity index (χ0v) is 13.8. The van der Waals surface area contributed by atoms with Crippen LogP contribution in [-0.2, 0) is 19.1 Å². The molecule has 0 aliphatic rings. The molecule has 1 aromatic rings. The maximum atomic E-state index is 11.8. The van der Waals surface area contributed by atoms with E-state index in [9.17, 15) is 9.59 Å². The molecule has 5 nitrogen and oxygen atoms in total. The average Bonchev–Trinajstić information content (AvgIpc) is 2.41. The monoisotopic (exact) mass is 355 g/mol. The summed E-state index contributed by atoms with van der Waals surface area (Å²) in [6.45, 7) is 5.63. The molecule has 6 heteroatoms. The van der Waals surface area contributed by atoms with E-state index < -0.39 is 11.9 Å². The first-order valence-electron chi connectivity index (χ1n) is 6.56. The molecule has 0 aliphatic carbocycles. The van der Waals surface area contributed by atoms with Crippen molar-refractivity contribution in [2.24, 2.45) is 0 Å². The van der Waals surface area contributed by atoms with Crippen molar-refractivity contribution in [3.8, 4) is 0 Å². The Balaban J connectivity index is 2.96. The third kappa shape index (κ3) is 5.23. The number of hydrogen-bond acceptors (Lipinski definition) is 5. The number of carbonyl (C=O) groups excluding carboxylic acids is 2. The van der Waals surface area contributed by atoms with E-state index in [2.05, 4.69) is 21.2 Å². The lowest BCUT2D eigenvalue weighted by atomic mass is 10.2. The van der Waals surface area contributed by atoms with Crippen molar-refractivity contribution < 1.29 is 19.1 Å². The fourth-order valence-electron chi connectivity index (χ4n) is 1.56. The third-order valence-electron chi connectivity index (χ3n) is 2.55. The van der Waals surface area contributed by atoms with Gasteiger partial charge in [-0.3, -0.25) is 0 Å². The van der Waals surface area contributed by atoms with E-state index in [0.717, 1.165) is 15.7 Å². The van der Waals surface area contributed by atoms with Crippen molar-refractivity contribution in [2.45, 2.75) is 20.8 Å². The van der Waals surface area contributed by atoms with Gasteiger partial charge in [0.1, 0.15) is 0 Å². The molecule has 0 atom stereocenters. The molecular formula is C15H18BrNO4. The summed E-state index contributed by atoms with van der Waals surface area (Å²) in [4.78, 5) is 23.6. The molecule has 0 fully saturated rings. The van der Waals surface area contributed by atoms with Crippen LogP contribution in [0.3, 0.4) is 0 Å². The number of benzene rings is 1. The highest BCUT2D eigenvalue weighted by Gasteiger charge is 2.20. The van der Waals surface area contributed by atoms with E-state index in [-0.39, 0.29) is 18.8 Å². The Morgan fingerprint density at radius 1 is 1.19 bits per heavy atom. The first-order chi connectivity index (χ1) is 9.99. The number of halogens is 1. The van der Waals surface area contributed by atoms with Gasteiger partial charge in [-0.1, -0.05) is 15.9 Å². The van der Waals surface area contributed by atoms with Gasteiger partial charge in [-0.2, -0.15) is 0 Å². The molecule has 114 valence electrons. The van der Waals surface area contributed by atoms with Crippen LogP contribution in [0, 0.1) is 6.92 Å². The van der Waals surface area contributed by atoms with Crippen LogP contribution in [0.4, 0.5) is 5.69 Å². The van der Waals surface area contributed by atoms with Crippen molar-refractivity contribution in [3.63, 3.8) is 0 Å². The highest BCUT2D eigenvalue weighted by Crippen LogP contribution is 2.20. The second-order valence-corrected chi connectivity index (χ2v) is 5.02. The standard InChI is InChI=1S/C15H18BrNO4/c1-4-20-14(18)12(15(19)21-5-2)9-17-13-7-6-11(16)8-10(13)3/h6-9,17H,4-5H2,1-3H3. The Labute approximate surface area is 132 Å². The first-order valence-corrected chi connectivity index (χ1v) is 7.36. The van der Waals surface area contributed by atoms with Crippen LogP contribution < -0.4 is 5.32 Å². The van der Waals surface area contributed by atoms with Gasteiger partial charge in [0.15, 0.2) is 5.57 Å². The van der Waals surface area contributed by atoms with Crippen LogP contribution in [0.2, 0.25) is 0 Å². The van der Waals surface area contributed by atoms with Crippen molar-refractivity contribution in [3.05, 3.63) is 40.0 Å². The van der Waals surface area contributed by atoms with Gasteiger partial charge in [0.2, 0.25) is 0 Å². The van der Waals surface area contributed by atoms with Crippen molar-refractivity contribution in [1.29, 1.82) is 0 Å². The number of hydrogen-bond donors (Lipinski definition) is 1. The first kappa shape index (κ1) is 17.2. The molecule has 0 amide bonds. The lowest BCUT2D eigenvalue weighted by molar-refractivity contribution is -0.146. The summed E-state index contributed by atoms with van der Waals surface area (Å²) in [6, 6.07) is 5.62. The molecule has 0 aromatic heterocycles. The van der Waals surface area contributed by atoms with E-state index in [0.29, 0.717) is 0 Å². The summed E-state index contributed by atoms with van der Waals surface area (Å²) < 4.78 is 10.7. The summed E-state index contributed by atoms with van der Waals surface area (Å²) in [5, 5.41) is 2.93. The van der Waals surface area contributed by atoms with Gasteiger partial charge in [0, 0.05) is 16.4 Å². The summed E-state index contributed by atoms with van der Waals surface area (Å²) in [6.07, 6.45) is 1.31. The normalized spacial score (nSPS) is 9.71. The molecule has 0 spiro atoms. The number of ether oxygens (including phenoxy) is 2. The Hall–Kier alpha value is -1.82. The molecule has 0 bridgehead atoms. The molecule has 1 rings (SSSR count). The van der Waals surface area contributed by atoms with Gasteiger partial charge >= 0.3 is 11.9 Å². The van der Waals surface area contributed by atoms with Crippen molar-refractivity contribution in [2.75, 3.05) is 18.5 Å². The summed E-state index contributed by atoms with van der Waals surface area (Å²) >= 11 is 3.37. The Morgan fingerprint density at radius 2 is 1.76 bits per heavy atom. The van der Waals surface area contributed by atoms with Crippen LogP contribution in [0.5, 0.6) is 0 Å². The zero-order valence-electron chi connectivity index (χ0n) is 12.2. The lowest BCUT2D eigenvalue weighted by Crippen LogP contribution is -2.19. The highest BCUT2D eigenvalue weighted by atomic mass is 79.9. The van der Waals surface area contributed by atoms with Crippen molar-refractivity contribution in [1.82, 2.24) is 0 Å². The number of aryl methyl sites for hydroxylation is 1. The summed E-state index contributed by atoms with van der Waals surface area (Å²) in [5.74, 6) is -1.42. The molecule has 1 N–H and O–H groups in total. The van der Waals surface area contributed by atoms with E-state index in [1.165, 1.54) is 6.20 Å². The second-order valence-electron chi connectivity index (χ2n) is 4.10. The minimum absolute atomic E-state index is 0.166. The quantitative estimate of drug-likeness (QED) is 0.367. The topological polar surface area (TPSA) is 64.6 Å². The largest absolute Gasteiger partial charge is 0.462 e. The lowest BCUT2D eigenvalue weighted by Gasteiger charge is -2.09. The Bertz CT molecular complexity index is 535. The molecule has 0 saturated heterocycles. The van der Waals surface area contributed by atoms with Crippen LogP contribution in [0.1, 0.15) is 19.4 Å². The van der Waals surface area contributed by atoms with Crippen LogP contribution in [0.15, 0.2) is 34.4 Å². The second kappa shape index (κ2) is 8.46. The van der Waals surface area contributed by atoms with Gasteiger partial charge < -0.3 is 14.8 Å². The van der Waals surface area contributed by atoms with Gasteiger partial charge in [-0.15, -0.1) is 0 Å². The van der Waals surface area contributed by atoms with E-state index in [1.807, 2.05) is 25.1 Å². The smallest absolute Gasteiger partial charge is 0.347 e. The average molecular weight is 356 g/mol. The number of rotatable bonds is 6. The number of carbonyl (C=O) groups is 2. The zero-order chi connectivity index (χ0) is 15.8. The third-order valence-corrected chi connectivity index (χ3v) is 3.04. The predicted molar refractivity (Wildman–Crippen MR) is 83.9 cm³/mol. The van der Waals surface area contributed by atoms with Gasteiger partial charge in [-0.25, -0.2) is 9.59 Å². The maximum Gasteiger partial charge on any atom is 0.347 e. The highest BCUT2D eigenvalue weighted by molar-refractivity contribution is 9.10. The predicted octanol–water partition coefficient (Wildman–Crippen LogP) is 3.18. The minimum Gasteiger partial charge on any atom is -0.462 e. The molecule has 0 saturated carbocycles. The Kier molecular flexibility index (Phi) is 6.94. The van der Waals surface area contributed by atoms with Crippen LogP contribution in [-0.4, -0.2) is 25.2 Å². The number of nitrogens with one attached hydrogen (secondary N) is 1. The molecule has 0 unspecified atom stereocenters.